The number of nitrogens with one attached hydrogen (secondary N) is 1. The molecule has 0 saturated carbocycles. The molecule has 1 aliphatic heterocycles. The van der Waals surface area contributed by atoms with E-state index in [9.17, 15) is 4.79 Å². The molecule has 0 radical (unpaired) electrons. The van der Waals surface area contributed by atoms with Gasteiger partial charge in [0, 0.05) is 5.39 Å². The molecular formula is C16H17N3O. The highest BCUT2D eigenvalue weighted by Gasteiger charge is 2.42. The zero-order chi connectivity index (χ0) is 14.3. The summed E-state index contributed by atoms with van der Waals surface area (Å²) in [6.07, 6.45) is 0. The summed E-state index contributed by atoms with van der Waals surface area (Å²) in [6, 6.07) is 11.8. The predicted octanol–water partition coefficient (Wildman–Crippen LogP) is 2.53. The van der Waals surface area contributed by atoms with E-state index in [0.29, 0.717) is 11.5 Å². The van der Waals surface area contributed by atoms with E-state index in [1.807, 2.05) is 57.2 Å². The van der Waals surface area contributed by atoms with Crippen LogP contribution in [0.3, 0.4) is 0 Å². The monoisotopic (exact) mass is 267 g/mol. The van der Waals surface area contributed by atoms with Gasteiger partial charge in [0.05, 0.1) is 5.52 Å². The van der Waals surface area contributed by atoms with E-state index in [2.05, 4.69) is 15.3 Å². The molecule has 1 amide bonds. The molecule has 1 unspecified atom stereocenters. The number of para-hydroxylation sites is 1. The van der Waals surface area contributed by atoms with Crippen molar-refractivity contribution in [2.45, 2.75) is 26.3 Å². The van der Waals surface area contributed by atoms with Crippen LogP contribution in [0.25, 0.3) is 10.9 Å². The lowest BCUT2D eigenvalue weighted by Gasteiger charge is -2.21. The van der Waals surface area contributed by atoms with Crippen LogP contribution in [0.4, 0.5) is 0 Å². The van der Waals surface area contributed by atoms with Gasteiger partial charge in [-0.15, -0.1) is 0 Å². The number of carbonyl (C=O) groups excluding carboxylic acids is 1. The van der Waals surface area contributed by atoms with Crippen LogP contribution in [0.2, 0.25) is 0 Å². The number of aliphatic imine (C=N–C) groups is 1. The summed E-state index contributed by atoms with van der Waals surface area (Å²) in [5.41, 5.74) is 0.907. The highest BCUT2D eigenvalue weighted by molar-refractivity contribution is 6.14. The van der Waals surface area contributed by atoms with Crippen molar-refractivity contribution < 1.29 is 4.79 Å². The maximum Gasteiger partial charge on any atom is 0.253 e. The Balaban J connectivity index is 2.06. The van der Waals surface area contributed by atoms with Crippen LogP contribution in [0.1, 0.15) is 26.5 Å². The number of amides is 1. The van der Waals surface area contributed by atoms with Crippen LogP contribution in [0.5, 0.6) is 0 Å². The zero-order valence-corrected chi connectivity index (χ0v) is 11.8. The van der Waals surface area contributed by atoms with Crippen molar-refractivity contribution in [2.75, 3.05) is 0 Å². The predicted molar refractivity (Wildman–Crippen MR) is 79.7 cm³/mol. The van der Waals surface area contributed by atoms with E-state index in [-0.39, 0.29) is 11.8 Å². The summed E-state index contributed by atoms with van der Waals surface area (Å²) in [5.74, 6) is 0.648. The number of pyridine rings is 1. The average molecular weight is 267 g/mol. The molecule has 0 fully saturated rings. The Bertz CT molecular complexity index is 720. The molecule has 20 heavy (non-hydrogen) atoms. The Hall–Kier alpha value is -2.23. The first-order valence-corrected chi connectivity index (χ1v) is 6.78. The first-order valence-electron chi connectivity index (χ1n) is 6.78. The molecule has 0 spiro atoms. The first kappa shape index (κ1) is 12.8. The lowest BCUT2D eigenvalue weighted by molar-refractivity contribution is -0.124. The summed E-state index contributed by atoms with van der Waals surface area (Å²) in [5, 5.41) is 3.93. The molecule has 1 N–H and O–H groups in total. The minimum absolute atomic E-state index is 0.0579. The molecule has 4 heteroatoms. The molecule has 1 aromatic carbocycles. The third-order valence-corrected chi connectivity index (χ3v) is 4.00. The number of aromatic nitrogens is 1. The molecular weight excluding hydrogens is 250 g/mol. The van der Waals surface area contributed by atoms with E-state index >= 15 is 0 Å². The number of amidine groups is 1. The van der Waals surface area contributed by atoms with Crippen molar-refractivity contribution >= 4 is 22.6 Å². The largest absolute Gasteiger partial charge is 0.307 e. The molecule has 102 valence electrons. The Morgan fingerprint density at radius 1 is 1.15 bits per heavy atom. The van der Waals surface area contributed by atoms with Crippen LogP contribution >= 0.6 is 0 Å². The molecule has 4 nitrogen and oxygen atoms in total. The van der Waals surface area contributed by atoms with Crippen LogP contribution in [-0.2, 0) is 4.79 Å². The topological polar surface area (TPSA) is 54.4 Å². The van der Waals surface area contributed by atoms with E-state index in [1.165, 1.54) is 0 Å². The molecule has 1 aromatic heterocycles. The van der Waals surface area contributed by atoms with Crippen molar-refractivity contribution in [3.8, 4) is 0 Å². The summed E-state index contributed by atoms with van der Waals surface area (Å²) in [4.78, 5) is 21.3. The van der Waals surface area contributed by atoms with E-state index < -0.39 is 5.54 Å². The Labute approximate surface area is 117 Å². The summed E-state index contributed by atoms with van der Waals surface area (Å²) in [7, 11) is 0. The normalized spacial score (nSPS) is 22.2. The second-order valence-electron chi connectivity index (χ2n) is 5.61. The quantitative estimate of drug-likeness (QED) is 0.909. The van der Waals surface area contributed by atoms with Crippen LogP contribution < -0.4 is 5.32 Å². The molecule has 3 rings (SSSR count). The molecule has 1 aliphatic rings. The van der Waals surface area contributed by atoms with Gasteiger partial charge in [-0.3, -0.25) is 4.79 Å². The minimum atomic E-state index is -0.706. The number of hydrogen-bond donors (Lipinski definition) is 1. The SMILES string of the molecule is CC(C)C1(C)N=C(c2ccc3ccccc3n2)NC1=O. The van der Waals surface area contributed by atoms with Crippen molar-refractivity contribution in [3.63, 3.8) is 0 Å². The van der Waals surface area contributed by atoms with Gasteiger partial charge in [-0.05, 0) is 25.0 Å². The molecule has 0 saturated heterocycles. The first-order chi connectivity index (χ1) is 9.50. The Morgan fingerprint density at radius 3 is 2.60 bits per heavy atom. The maximum absolute atomic E-state index is 12.1. The number of rotatable bonds is 2. The van der Waals surface area contributed by atoms with Gasteiger partial charge in [0.25, 0.3) is 5.91 Å². The number of hydrogen-bond acceptors (Lipinski definition) is 3. The standard InChI is InChI=1S/C16H17N3O/c1-10(2)16(3)15(20)18-14(19-16)13-9-8-11-6-4-5-7-12(11)17-13/h4-10H,1-3H3,(H,18,19,20). The van der Waals surface area contributed by atoms with E-state index in [4.69, 9.17) is 0 Å². The summed E-state index contributed by atoms with van der Waals surface area (Å²) < 4.78 is 0. The van der Waals surface area contributed by atoms with E-state index in [1.54, 1.807) is 0 Å². The van der Waals surface area contributed by atoms with Gasteiger partial charge in [-0.1, -0.05) is 38.1 Å². The fourth-order valence-electron chi connectivity index (χ4n) is 2.26. The minimum Gasteiger partial charge on any atom is -0.307 e. The van der Waals surface area contributed by atoms with Gasteiger partial charge >= 0.3 is 0 Å². The van der Waals surface area contributed by atoms with Crippen molar-refractivity contribution in [3.05, 3.63) is 42.1 Å². The molecule has 0 aliphatic carbocycles. The second kappa shape index (κ2) is 4.40. The lowest BCUT2D eigenvalue weighted by Crippen LogP contribution is -2.41. The Kier molecular flexibility index (Phi) is 2.82. The smallest absolute Gasteiger partial charge is 0.253 e. The van der Waals surface area contributed by atoms with Crippen LogP contribution in [0.15, 0.2) is 41.4 Å². The van der Waals surface area contributed by atoms with Crippen LogP contribution in [0, 0.1) is 5.92 Å². The number of carbonyl (C=O) groups is 1. The Morgan fingerprint density at radius 2 is 1.90 bits per heavy atom. The lowest BCUT2D eigenvalue weighted by atomic mass is 9.89. The summed E-state index contributed by atoms with van der Waals surface area (Å²) in [6.45, 7) is 5.86. The average Bonchev–Trinajstić information content (AvgIpc) is 2.76. The van der Waals surface area contributed by atoms with Crippen molar-refractivity contribution in [1.82, 2.24) is 10.3 Å². The molecule has 1 atom stereocenters. The van der Waals surface area contributed by atoms with Gasteiger partial charge < -0.3 is 5.32 Å². The maximum atomic E-state index is 12.1. The molecule has 2 aromatic rings. The van der Waals surface area contributed by atoms with Crippen molar-refractivity contribution in [2.24, 2.45) is 10.9 Å². The highest BCUT2D eigenvalue weighted by Crippen LogP contribution is 2.26. The van der Waals surface area contributed by atoms with Gasteiger partial charge in [-0.2, -0.15) is 0 Å². The van der Waals surface area contributed by atoms with Gasteiger partial charge in [0.1, 0.15) is 11.2 Å². The van der Waals surface area contributed by atoms with Crippen molar-refractivity contribution in [1.29, 1.82) is 0 Å². The molecule has 2 heterocycles. The second-order valence-corrected chi connectivity index (χ2v) is 5.61. The number of nitrogens with zero attached hydrogens (tertiary/aromatic N) is 2. The van der Waals surface area contributed by atoms with Gasteiger partial charge in [-0.25, -0.2) is 9.98 Å². The highest BCUT2D eigenvalue weighted by atomic mass is 16.2. The summed E-state index contributed by atoms with van der Waals surface area (Å²) >= 11 is 0. The van der Waals surface area contributed by atoms with E-state index in [0.717, 1.165) is 10.9 Å². The fraction of sp³-hybridized carbons (Fsp3) is 0.312. The van der Waals surface area contributed by atoms with Crippen LogP contribution in [-0.4, -0.2) is 22.3 Å². The zero-order valence-electron chi connectivity index (χ0n) is 11.8. The van der Waals surface area contributed by atoms with Gasteiger partial charge in [0.2, 0.25) is 0 Å². The number of fused-ring (bicyclic) bond motifs is 1. The number of benzene rings is 1. The fourth-order valence-corrected chi connectivity index (χ4v) is 2.26. The van der Waals surface area contributed by atoms with Gasteiger partial charge in [0.15, 0.2) is 5.84 Å². The third kappa shape index (κ3) is 1.88. The molecule has 0 bridgehead atoms. The third-order valence-electron chi connectivity index (χ3n) is 4.00.